The van der Waals surface area contributed by atoms with Crippen molar-refractivity contribution < 1.29 is 14.3 Å². The molecule has 134 valence electrons. The maximum Gasteiger partial charge on any atom is 0.261 e. The largest absolute Gasteiger partial charge is 0.492 e. The highest BCUT2D eigenvalue weighted by Crippen LogP contribution is 2.24. The van der Waals surface area contributed by atoms with Crippen molar-refractivity contribution in [1.29, 1.82) is 0 Å². The summed E-state index contributed by atoms with van der Waals surface area (Å²) in [5, 5.41) is 3.33. The lowest BCUT2D eigenvalue weighted by molar-refractivity contribution is -0.128. The van der Waals surface area contributed by atoms with Crippen LogP contribution in [0.3, 0.4) is 0 Å². The van der Waals surface area contributed by atoms with Crippen LogP contribution < -0.4 is 14.8 Å². The van der Waals surface area contributed by atoms with Crippen molar-refractivity contribution in [2.24, 2.45) is 0 Å². The molecule has 0 unspecified atom stereocenters. The van der Waals surface area contributed by atoms with Gasteiger partial charge in [-0.1, -0.05) is 36.7 Å². The standard InChI is InChI=1S/C20H24ClNO3/c1-4-18(25-19-8-6-5-7-17(19)21)20(23)22-9-10-24-16-12-14(2)11-15(3)13-16/h5-8,11-13,18H,4,9-10H2,1-3H3,(H,22,23)/t18-/m0/s1. The van der Waals surface area contributed by atoms with Crippen molar-refractivity contribution in [2.45, 2.75) is 33.3 Å². The minimum atomic E-state index is -0.582. The quantitative estimate of drug-likeness (QED) is 0.713. The van der Waals surface area contributed by atoms with Crippen molar-refractivity contribution in [2.75, 3.05) is 13.2 Å². The molecule has 0 bridgehead atoms. The van der Waals surface area contributed by atoms with E-state index in [0.29, 0.717) is 30.3 Å². The summed E-state index contributed by atoms with van der Waals surface area (Å²) < 4.78 is 11.4. The molecule has 0 fully saturated rings. The molecule has 1 amide bonds. The predicted molar refractivity (Wildman–Crippen MR) is 101 cm³/mol. The summed E-state index contributed by atoms with van der Waals surface area (Å²) in [4.78, 5) is 12.3. The van der Waals surface area contributed by atoms with Crippen molar-refractivity contribution in [3.8, 4) is 11.5 Å². The van der Waals surface area contributed by atoms with Crippen LogP contribution in [0.2, 0.25) is 5.02 Å². The van der Waals surface area contributed by atoms with Crippen molar-refractivity contribution in [3.05, 3.63) is 58.6 Å². The molecule has 0 aliphatic carbocycles. The summed E-state index contributed by atoms with van der Waals surface area (Å²) >= 11 is 6.07. The van der Waals surface area contributed by atoms with Gasteiger partial charge in [0.15, 0.2) is 6.10 Å². The zero-order valence-corrected chi connectivity index (χ0v) is 15.6. The first-order valence-electron chi connectivity index (χ1n) is 8.39. The van der Waals surface area contributed by atoms with E-state index in [0.717, 1.165) is 16.9 Å². The van der Waals surface area contributed by atoms with Gasteiger partial charge in [-0.05, 0) is 55.7 Å². The van der Waals surface area contributed by atoms with Crippen molar-refractivity contribution in [3.63, 3.8) is 0 Å². The topological polar surface area (TPSA) is 47.6 Å². The maximum atomic E-state index is 12.3. The molecule has 4 nitrogen and oxygen atoms in total. The Kier molecular flexibility index (Phi) is 7.14. The van der Waals surface area contributed by atoms with Crippen molar-refractivity contribution in [1.82, 2.24) is 5.32 Å². The monoisotopic (exact) mass is 361 g/mol. The van der Waals surface area contributed by atoms with Gasteiger partial charge in [0.05, 0.1) is 11.6 Å². The normalized spacial score (nSPS) is 11.7. The van der Waals surface area contributed by atoms with Gasteiger partial charge in [0, 0.05) is 0 Å². The molecule has 1 atom stereocenters. The molecule has 0 spiro atoms. The maximum absolute atomic E-state index is 12.3. The number of carbonyl (C=O) groups is 1. The van der Waals surface area contributed by atoms with Crippen LogP contribution in [-0.2, 0) is 4.79 Å². The molecular weight excluding hydrogens is 338 g/mol. The number of ether oxygens (including phenoxy) is 2. The zero-order chi connectivity index (χ0) is 18.2. The summed E-state index contributed by atoms with van der Waals surface area (Å²) in [6.07, 6.45) is -0.0317. The molecule has 2 aromatic carbocycles. The summed E-state index contributed by atoms with van der Waals surface area (Å²) in [7, 11) is 0. The van der Waals surface area contributed by atoms with E-state index in [4.69, 9.17) is 21.1 Å². The Labute approximate surface area is 154 Å². The molecule has 2 aromatic rings. The molecule has 0 radical (unpaired) electrons. The smallest absolute Gasteiger partial charge is 0.261 e. The number of para-hydroxylation sites is 1. The molecule has 0 aromatic heterocycles. The van der Waals surface area contributed by atoms with Gasteiger partial charge < -0.3 is 14.8 Å². The van der Waals surface area contributed by atoms with E-state index in [2.05, 4.69) is 11.4 Å². The summed E-state index contributed by atoms with van der Waals surface area (Å²) in [5.41, 5.74) is 2.30. The Balaban J connectivity index is 1.81. The number of amides is 1. The van der Waals surface area contributed by atoms with Crippen LogP contribution in [0.5, 0.6) is 11.5 Å². The fourth-order valence-electron chi connectivity index (χ4n) is 2.49. The Morgan fingerprint density at radius 2 is 1.84 bits per heavy atom. The summed E-state index contributed by atoms with van der Waals surface area (Å²) in [5.74, 6) is 1.15. The van der Waals surface area contributed by atoms with Gasteiger partial charge in [-0.25, -0.2) is 0 Å². The molecule has 0 saturated carbocycles. The average molecular weight is 362 g/mol. The van der Waals surface area contributed by atoms with Crippen molar-refractivity contribution >= 4 is 17.5 Å². The third kappa shape index (κ3) is 5.98. The third-order valence-corrected chi connectivity index (χ3v) is 3.95. The highest BCUT2D eigenvalue weighted by Gasteiger charge is 2.18. The van der Waals surface area contributed by atoms with Crippen LogP contribution in [0.4, 0.5) is 0 Å². The van der Waals surface area contributed by atoms with Gasteiger partial charge in [-0.15, -0.1) is 0 Å². The minimum absolute atomic E-state index is 0.175. The first-order chi connectivity index (χ1) is 12.0. The first-order valence-corrected chi connectivity index (χ1v) is 8.77. The van der Waals surface area contributed by atoms with Crippen LogP contribution in [-0.4, -0.2) is 25.2 Å². The molecule has 2 rings (SSSR count). The summed E-state index contributed by atoms with van der Waals surface area (Å²) in [6, 6.07) is 13.2. The van der Waals surface area contributed by atoms with Gasteiger partial charge in [-0.3, -0.25) is 4.79 Å². The lowest BCUT2D eigenvalue weighted by Gasteiger charge is -2.18. The molecular formula is C20H24ClNO3. The number of hydrogen-bond donors (Lipinski definition) is 1. The number of aryl methyl sites for hydroxylation is 2. The second kappa shape index (κ2) is 9.33. The minimum Gasteiger partial charge on any atom is -0.492 e. The van der Waals surface area contributed by atoms with Crippen LogP contribution in [0.25, 0.3) is 0 Å². The highest BCUT2D eigenvalue weighted by atomic mass is 35.5. The van der Waals surface area contributed by atoms with E-state index in [-0.39, 0.29) is 5.91 Å². The van der Waals surface area contributed by atoms with Gasteiger partial charge in [-0.2, -0.15) is 0 Å². The van der Waals surface area contributed by atoms with Gasteiger partial charge in [0.2, 0.25) is 0 Å². The van der Waals surface area contributed by atoms with E-state index in [1.54, 1.807) is 12.1 Å². The van der Waals surface area contributed by atoms with Gasteiger partial charge >= 0.3 is 0 Å². The Morgan fingerprint density at radius 1 is 1.16 bits per heavy atom. The second-order valence-corrected chi connectivity index (χ2v) is 6.32. The number of nitrogens with one attached hydrogen (secondary N) is 1. The van der Waals surface area contributed by atoms with Crippen LogP contribution >= 0.6 is 11.6 Å². The van der Waals surface area contributed by atoms with E-state index in [1.807, 2.05) is 45.0 Å². The highest BCUT2D eigenvalue weighted by molar-refractivity contribution is 6.32. The predicted octanol–water partition coefficient (Wildman–Crippen LogP) is 4.31. The Bertz CT molecular complexity index is 698. The average Bonchev–Trinajstić information content (AvgIpc) is 2.57. The number of hydrogen-bond acceptors (Lipinski definition) is 3. The lowest BCUT2D eigenvalue weighted by Crippen LogP contribution is -2.39. The Morgan fingerprint density at radius 3 is 2.48 bits per heavy atom. The van der Waals surface area contributed by atoms with Gasteiger partial charge in [0.25, 0.3) is 5.91 Å². The zero-order valence-electron chi connectivity index (χ0n) is 14.8. The van der Waals surface area contributed by atoms with E-state index >= 15 is 0 Å². The molecule has 0 aliphatic heterocycles. The number of carbonyl (C=O) groups excluding carboxylic acids is 1. The lowest BCUT2D eigenvalue weighted by atomic mass is 10.1. The van der Waals surface area contributed by atoms with E-state index < -0.39 is 6.10 Å². The fraction of sp³-hybridized carbons (Fsp3) is 0.350. The fourth-order valence-corrected chi connectivity index (χ4v) is 2.67. The molecule has 0 saturated heterocycles. The molecule has 0 aliphatic rings. The molecule has 1 N–H and O–H groups in total. The van der Waals surface area contributed by atoms with Crippen LogP contribution in [0, 0.1) is 13.8 Å². The van der Waals surface area contributed by atoms with E-state index in [1.165, 1.54) is 0 Å². The number of halogens is 1. The number of benzene rings is 2. The second-order valence-electron chi connectivity index (χ2n) is 5.91. The van der Waals surface area contributed by atoms with E-state index in [9.17, 15) is 4.79 Å². The Hall–Kier alpha value is -2.20. The summed E-state index contributed by atoms with van der Waals surface area (Å²) in [6.45, 7) is 6.76. The SMILES string of the molecule is CC[C@H](Oc1ccccc1Cl)C(=O)NCCOc1cc(C)cc(C)c1. The van der Waals surface area contributed by atoms with Crippen LogP contribution in [0.15, 0.2) is 42.5 Å². The molecule has 25 heavy (non-hydrogen) atoms. The molecule has 0 heterocycles. The number of rotatable bonds is 8. The third-order valence-electron chi connectivity index (χ3n) is 3.63. The first kappa shape index (κ1) is 19.1. The molecule has 5 heteroatoms. The van der Waals surface area contributed by atoms with Gasteiger partial charge in [0.1, 0.15) is 18.1 Å². The van der Waals surface area contributed by atoms with Crippen LogP contribution in [0.1, 0.15) is 24.5 Å².